The van der Waals surface area contributed by atoms with Crippen molar-refractivity contribution in [3.8, 4) is 5.75 Å². The lowest BCUT2D eigenvalue weighted by Crippen LogP contribution is -2.55. The first kappa shape index (κ1) is 18.5. The second kappa shape index (κ2) is 8.39. The van der Waals surface area contributed by atoms with Crippen LogP contribution in [-0.2, 0) is 0 Å². The average Bonchev–Trinajstić information content (AvgIpc) is 2.72. The number of anilines is 1. The molecule has 0 atom stereocenters. The molecule has 0 bridgehead atoms. The van der Waals surface area contributed by atoms with Crippen LogP contribution in [0.5, 0.6) is 5.75 Å². The fourth-order valence-corrected chi connectivity index (χ4v) is 2.82. The number of nitrogens with zero attached hydrogens (tertiary/aromatic N) is 2. The summed E-state index contributed by atoms with van der Waals surface area (Å²) < 4.78 is 18.0. The number of piperazine rings is 1. The van der Waals surface area contributed by atoms with Gasteiger partial charge in [0.15, 0.2) is 0 Å². The van der Waals surface area contributed by atoms with Crippen LogP contribution >= 0.6 is 0 Å². The molecule has 0 aliphatic carbocycles. The van der Waals surface area contributed by atoms with Crippen LogP contribution in [0.15, 0.2) is 48.5 Å². The fraction of sp³-hybridized carbons (Fsp3) is 0.263. The maximum Gasteiger partial charge on any atom is 0.336 e. The van der Waals surface area contributed by atoms with Crippen molar-refractivity contribution in [3.05, 3.63) is 59.9 Å². The predicted octanol–water partition coefficient (Wildman–Crippen LogP) is 2.01. The number of hydrogen-bond acceptors (Lipinski definition) is 4. The van der Waals surface area contributed by atoms with E-state index < -0.39 is 11.7 Å². The maximum absolute atomic E-state index is 12.9. The number of hydrazine groups is 1. The summed E-state index contributed by atoms with van der Waals surface area (Å²) in [5.41, 5.74) is 6.07. The monoisotopic (exact) mass is 372 g/mol. The van der Waals surface area contributed by atoms with Gasteiger partial charge in [0, 0.05) is 37.4 Å². The van der Waals surface area contributed by atoms with E-state index in [1.165, 1.54) is 24.3 Å². The van der Waals surface area contributed by atoms with Crippen LogP contribution in [-0.4, -0.2) is 50.1 Å². The van der Waals surface area contributed by atoms with Crippen molar-refractivity contribution >= 4 is 17.6 Å². The van der Waals surface area contributed by atoms with Crippen LogP contribution in [0.25, 0.3) is 0 Å². The van der Waals surface area contributed by atoms with Gasteiger partial charge in [-0.1, -0.05) is 0 Å². The molecule has 3 amide bonds. The van der Waals surface area contributed by atoms with Crippen LogP contribution in [0.1, 0.15) is 10.4 Å². The number of methoxy groups -OCH3 is 1. The summed E-state index contributed by atoms with van der Waals surface area (Å²) in [6.45, 7) is 2.44. The fourth-order valence-electron chi connectivity index (χ4n) is 2.82. The molecular formula is C19H21FN4O3. The minimum atomic E-state index is -0.500. The molecule has 2 aromatic carbocycles. The standard InChI is InChI=1S/C19H21FN4O3/c1-27-17-8-6-16(7-9-17)23-10-12-24(13-11-23)19(26)22-21-18(25)14-2-4-15(20)5-3-14/h2-9H,10-13H2,1H3,(H,21,25)(H,22,26). The molecule has 1 saturated heterocycles. The first-order valence-corrected chi connectivity index (χ1v) is 8.56. The summed E-state index contributed by atoms with van der Waals surface area (Å²) in [7, 11) is 1.63. The molecular weight excluding hydrogens is 351 g/mol. The van der Waals surface area contributed by atoms with E-state index >= 15 is 0 Å². The van der Waals surface area contributed by atoms with Crippen molar-refractivity contribution in [2.24, 2.45) is 0 Å². The Morgan fingerprint density at radius 1 is 0.926 bits per heavy atom. The van der Waals surface area contributed by atoms with Gasteiger partial charge in [-0.25, -0.2) is 14.6 Å². The van der Waals surface area contributed by atoms with Crippen molar-refractivity contribution < 1.29 is 18.7 Å². The summed E-state index contributed by atoms with van der Waals surface area (Å²) in [4.78, 5) is 28.0. The second-order valence-electron chi connectivity index (χ2n) is 6.06. The summed E-state index contributed by atoms with van der Waals surface area (Å²) in [6, 6.07) is 12.5. The summed E-state index contributed by atoms with van der Waals surface area (Å²) in [5, 5.41) is 0. The van der Waals surface area contributed by atoms with Gasteiger partial charge in [-0.05, 0) is 48.5 Å². The van der Waals surface area contributed by atoms with E-state index in [1.807, 2.05) is 24.3 Å². The Kier molecular flexibility index (Phi) is 5.75. The molecule has 8 heteroatoms. The minimum absolute atomic E-state index is 0.265. The smallest absolute Gasteiger partial charge is 0.336 e. The topological polar surface area (TPSA) is 73.9 Å². The number of carbonyl (C=O) groups is 2. The maximum atomic E-state index is 12.9. The largest absolute Gasteiger partial charge is 0.497 e. The van der Waals surface area contributed by atoms with Gasteiger partial charge in [-0.3, -0.25) is 10.2 Å². The number of nitrogens with one attached hydrogen (secondary N) is 2. The molecule has 0 unspecified atom stereocenters. The van der Waals surface area contributed by atoms with E-state index in [-0.39, 0.29) is 11.6 Å². The van der Waals surface area contributed by atoms with E-state index in [4.69, 9.17) is 4.74 Å². The molecule has 27 heavy (non-hydrogen) atoms. The number of benzene rings is 2. The number of hydrogen-bond donors (Lipinski definition) is 2. The lowest BCUT2D eigenvalue weighted by atomic mass is 10.2. The Hall–Kier alpha value is -3.29. The summed E-state index contributed by atoms with van der Waals surface area (Å²) >= 11 is 0. The SMILES string of the molecule is COc1ccc(N2CCN(C(=O)NNC(=O)c3ccc(F)cc3)CC2)cc1. The minimum Gasteiger partial charge on any atom is -0.497 e. The Morgan fingerprint density at radius 2 is 1.56 bits per heavy atom. The van der Waals surface area contributed by atoms with Crippen molar-refractivity contribution in [3.63, 3.8) is 0 Å². The van der Waals surface area contributed by atoms with Crippen molar-refractivity contribution in [2.75, 3.05) is 38.2 Å². The van der Waals surface area contributed by atoms with Gasteiger partial charge in [-0.15, -0.1) is 0 Å². The van der Waals surface area contributed by atoms with Crippen LogP contribution in [0.2, 0.25) is 0 Å². The zero-order valence-corrected chi connectivity index (χ0v) is 14.9. The third-order valence-corrected chi connectivity index (χ3v) is 4.39. The molecule has 0 spiro atoms. The van der Waals surface area contributed by atoms with Crippen LogP contribution in [0.4, 0.5) is 14.9 Å². The molecule has 1 aliphatic heterocycles. The molecule has 2 N–H and O–H groups in total. The number of amides is 3. The van der Waals surface area contributed by atoms with Crippen LogP contribution < -0.4 is 20.5 Å². The normalized spacial score (nSPS) is 13.9. The quantitative estimate of drug-likeness (QED) is 0.809. The van der Waals surface area contributed by atoms with E-state index in [0.29, 0.717) is 26.2 Å². The van der Waals surface area contributed by atoms with Gasteiger partial charge >= 0.3 is 6.03 Å². The molecule has 2 aromatic rings. The van der Waals surface area contributed by atoms with E-state index in [1.54, 1.807) is 12.0 Å². The number of carbonyl (C=O) groups excluding carboxylic acids is 2. The predicted molar refractivity (Wildman–Crippen MR) is 99.2 cm³/mol. The Balaban J connectivity index is 1.46. The molecule has 0 radical (unpaired) electrons. The highest BCUT2D eigenvalue weighted by molar-refractivity contribution is 5.95. The van der Waals surface area contributed by atoms with E-state index in [2.05, 4.69) is 15.8 Å². The summed E-state index contributed by atoms with van der Waals surface area (Å²) in [5.74, 6) is -0.126. The average molecular weight is 372 g/mol. The van der Waals surface area contributed by atoms with Crippen LogP contribution in [0, 0.1) is 5.82 Å². The van der Waals surface area contributed by atoms with E-state index in [0.717, 1.165) is 11.4 Å². The number of ether oxygens (including phenoxy) is 1. The van der Waals surface area contributed by atoms with Crippen LogP contribution in [0.3, 0.4) is 0 Å². The van der Waals surface area contributed by atoms with Crippen molar-refractivity contribution in [2.45, 2.75) is 0 Å². The number of urea groups is 1. The van der Waals surface area contributed by atoms with Gasteiger partial charge in [0.2, 0.25) is 0 Å². The second-order valence-corrected chi connectivity index (χ2v) is 6.06. The highest BCUT2D eigenvalue weighted by Crippen LogP contribution is 2.20. The van der Waals surface area contributed by atoms with Crippen molar-refractivity contribution in [1.82, 2.24) is 15.8 Å². The zero-order chi connectivity index (χ0) is 19.2. The number of halogens is 1. The third-order valence-electron chi connectivity index (χ3n) is 4.39. The first-order valence-electron chi connectivity index (χ1n) is 8.56. The lowest BCUT2D eigenvalue weighted by molar-refractivity contribution is 0.0929. The molecule has 3 rings (SSSR count). The first-order chi connectivity index (χ1) is 13.1. The van der Waals surface area contributed by atoms with Gasteiger partial charge in [0.25, 0.3) is 5.91 Å². The van der Waals surface area contributed by atoms with Gasteiger partial charge in [0.1, 0.15) is 11.6 Å². The Bertz CT molecular complexity index is 788. The molecule has 1 fully saturated rings. The summed E-state index contributed by atoms with van der Waals surface area (Å²) in [6.07, 6.45) is 0. The molecule has 0 aromatic heterocycles. The third kappa shape index (κ3) is 4.66. The van der Waals surface area contributed by atoms with Gasteiger partial charge < -0.3 is 14.5 Å². The Labute approximate surface area is 156 Å². The van der Waals surface area contributed by atoms with E-state index in [9.17, 15) is 14.0 Å². The highest BCUT2D eigenvalue weighted by atomic mass is 19.1. The molecule has 7 nitrogen and oxygen atoms in total. The lowest BCUT2D eigenvalue weighted by Gasteiger charge is -2.36. The zero-order valence-electron chi connectivity index (χ0n) is 14.9. The molecule has 142 valence electrons. The van der Waals surface area contributed by atoms with Gasteiger partial charge in [0.05, 0.1) is 7.11 Å². The molecule has 1 heterocycles. The number of rotatable bonds is 3. The van der Waals surface area contributed by atoms with Gasteiger partial charge in [-0.2, -0.15) is 0 Å². The highest BCUT2D eigenvalue weighted by Gasteiger charge is 2.21. The molecule has 1 aliphatic rings. The Morgan fingerprint density at radius 3 is 2.15 bits per heavy atom. The van der Waals surface area contributed by atoms with Crippen molar-refractivity contribution in [1.29, 1.82) is 0 Å². The molecule has 0 saturated carbocycles.